The molecular weight excluding hydrogens is 646 g/mol. The minimum atomic E-state index is -0.516. The molecule has 1 aliphatic heterocycles. The number of carbonyl (C=O) groups excluding carboxylic acids is 3. The van der Waals surface area contributed by atoms with E-state index in [1.807, 2.05) is 56.3 Å². The van der Waals surface area contributed by atoms with Crippen LogP contribution in [0, 0.1) is 5.92 Å². The van der Waals surface area contributed by atoms with Crippen LogP contribution in [-0.2, 0) is 4.74 Å². The van der Waals surface area contributed by atoms with Crippen molar-refractivity contribution in [2.45, 2.75) is 96.4 Å². The number of aliphatic hydroxyl groups is 1. The third kappa shape index (κ3) is 10.4. The number of amides is 5. The fourth-order valence-electron chi connectivity index (χ4n) is 6.96. The largest absolute Gasteiger partial charge is 0.490 e. The molecule has 5 rings (SSSR count). The fraction of sp³-hybridized carbons (Fsp3) is 0.525. The van der Waals surface area contributed by atoms with E-state index in [9.17, 15) is 19.5 Å². The van der Waals surface area contributed by atoms with Crippen LogP contribution in [0.2, 0.25) is 0 Å². The molecule has 0 spiro atoms. The number of ether oxygens (including phenoxy) is 2. The minimum Gasteiger partial charge on any atom is -0.490 e. The molecule has 1 aliphatic carbocycles. The Morgan fingerprint density at radius 1 is 0.961 bits per heavy atom. The van der Waals surface area contributed by atoms with Gasteiger partial charge >= 0.3 is 12.1 Å². The standard InChI is InChI=1S/C40H55N5O6/c1-27-24-45(28(2)26-46)38(47)34-23-32(42-39(48)41-31-16-6-5-7-17-31)20-21-36(34)51-29(3)13-10-11-22-50-37(27)25-44(4)40(49)43-35-19-12-15-30-14-8-9-18-33(30)35/h8-9,12,14-15,18-21,23,27-29,31,37,46H,5-7,10-11,13,16-17,22,24-26H2,1-4H3,(H,43,49)(H2,41,42,48)/t27-,28+,29+,37+/m1/s1. The number of aliphatic hydroxyl groups excluding tert-OH is 1. The highest BCUT2D eigenvalue weighted by molar-refractivity contribution is 6.01. The lowest BCUT2D eigenvalue weighted by atomic mass is 9.96. The number of hydrogen-bond donors (Lipinski definition) is 4. The SMILES string of the molecule is C[C@@H]1CN([C@@H](C)CO)C(=O)c2cc(NC(=O)NC3CCCCC3)ccc2O[C@@H](C)CCCCO[C@H]1CN(C)C(=O)Nc1cccc2ccccc12. The van der Waals surface area contributed by atoms with E-state index in [1.165, 1.54) is 6.42 Å². The Labute approximate surface area is 302 Å². The minimum absolute atomic E-state index is 0.141. The number of hydrogen-bond acceptors (Lipinski definition) is 6. The van der Waals surface area contributed by atoms with Crippen LogP contribution in [0.3, 0.4) is 0 Å². The van der Waals surface area contributed by atoms with E-state index < -0.39 is 6.04 Å². The molecule has 0 aromatic heterocycles. The average molecular weight is 702 g/mol. The summed E-state index contributed by atoms with van der Waals surface area (Å²) in [5.41, 5.74) is 1.53. The molecule has 1 fully saturated rings. The van der Waals surface area contributed by atoms with Gasteiger partial charge in [-0.2, -0.15) is 0 Å². The van der Waals surface area contributed by atoms with E-state index in [4.69, 9.17) is 9.47 Å². The lowest BCUT2D eigenvalue weighted by molar-refractivity contribution is -0.0115. The number of rotatable bonds is 7. The highest BCUT2D eigenvalue weighted by atomic mass is 16.5. The van der Waals surface area contributed by atoms with Gasteiger partial charge in [0.2, 0.25) is 0 Å². The van der Waals surface area contributed by atoms with E-state index in [0.717, 1.165) is 61.4 Å². The number of nitrogens with zero attached hydrogens (tertiary/aromatic N) is 2. The molecule has 3 aromatic rings. The van der Waals surface area contributed by atoms with E-state index in [1.54, 1.807) is 42.0 Å². The highest BCUT2D eigenvalue weighted by Gasteiger charge is 2.31. The quantitative estimate of drug-likeness (QED) is 0.205. The molecule has 11 heteroatoms. The van der Waals surface area contributed by atoms with Gasteiger partial charge in [0.15, 0.2) is 0 Å². The van der Waals surface area contributed by atoms with Crippen molar-refractivity contribution in [2.75, 3.05) is 44.0 Å². The second-order valence-corrected chi connectivity index (χ2v) is 14.3. The maximum absolute atomic E-state index is 14.5. The predicted octanol–water partition coefficient (Wildman–Crippen LogP) is 7.25. The summed E-state index contributed by atoms with van der Waals surface area (Å²) in [5, 5.41) is 21.3. The normalized spacial score (nSPS) is 21.5. The van der Waals surface area contributed by atoms with Gasteiger partial charge in [-0.15, -0.1) is 0 Å². The number of anilines is 2. The number of nitrogens with one attached hydrogen (secondary N) is 3. The Morgan fingerprint density at radius 2 is 1.71 bits per heavy atom. The topological polar surface area (TPSA) is 132 Å². The Bertz CT molecular complexity index is 1620. The number of benzene rings is 3. The van der Waals surface area contributed by atoms with Crippen molar-refractivity contribution in [3.8, 4) is 5.75 Å². The van der Waals surface area contributed by atoms with Crippen LogP contribution in [0.15, 0.2) is 60.7 Å². The summed E-state index contributed by atoms with van der Waals surface area (Å²) in [6, 6.07) is 18.0. The molecule has 0 saturated heterocycles. The number of urea groups is 2. The predicted molar refractivity (Wildman–Crippen MR) is 201 cm³/mol. The first-order valence-electron chi connectivity index (χ1n) is 18.5. The zero-order chi connectivity index (χ0) is 36.3. The van der Waals surface area contributed by atoms with E-state index >= 15 is 0 Å². The zero-order valence-electron chi connectivity index (χ0n) is 30.5. The highest BCUT2D eigenvalue weighted by Crippen LogP contribution is 2.29. The van der Waals surface area contributed by atoms with Crippen molar-refractivity contribution in [1.82, 2.24) is 15.1 Å². The molecule has 2 aliphatic rings. The van der Waals surface area contributed by atoms with Gasteiger partial charge in [-0.3, -0.25) is 4.79 Å². The lowest BCUT2D eigenvalue weighted by Crippen LogP contribution is -2.48. The Morgan fingerprint density at radius 3 is 2.49 bits per heavy atom. The van der Waals surface area contributed by atoms with Crippen LogP contribution in [0.5, 0.6) is 5.75 Å². The molecule has 0 radical (unpaired) electrons. The molecular formula is C40H55N5O6. The van der Waals surface area contributed by atoms with Crippen LogP contribution in [0.25, 0.3) is 10.8 Å². The van der Waals surface area contributed by atoms with Crippen molar-refractivity contribution >= 4 is 40.1 Å². The molecule has 4 atom stereocenters. The Hall–Kier alpha value is -4.35. The van der Waals surface area contributed by atoms with Crippen molar-refractivity contribution in [3.05, 3.63) is 66.2 Å². The number of likely N-dealkylation sites (N-methyl/N-ethyl adjacent to an activating group) is 1. The number of fused-ring (bicyclic) bond motifs is 2. The first-order chi connectivity index (χ1) is 24.6. The lowest BCUT2D eigenvalue weighted by Gasteiger charge is -2.36. The van der Waals surface area contributed by atoms with Gasteiger partial charge < -0.3 is 40.3 Å². The van der Waals surface area contributed by atoms with Gasteiger partial charge in [0.25, 0.3) is 5.91 Å². The van der Waals surface area contributed by atoms with Gasteiger partial charge in [0, 0.05) is 49.8 Å². The van der Waals surface area contributed by atoms with Crippen molar-refractivity contribution in [2.24, 2.45) is 5.92 Å². The summed E-state index contributed by atoms with van der Waals surface area (Å²) in [5.74, 6) is -0.0902. The molecule has 4 N–H and O–H groups in total. The number of carbonyl (C=O) groups is 3. The monoisotopic (exact) mass is 701 g/mol. The van der Waals surface area contributed by atoms with E-state index in [2.05, 4.69) is 16.0 Å². The Balaban J connectivity index is 1.35. The second kappa shape index (κ2) is 18.2. The van der Waals surface area contributed by atoms with Crippen LogP contribution in [0.1, 0.15) is 82.5 Å². The smallest absolute Gasteiger partial charge is 0.321 e. The third-order valence-corrected chi connectivity index (χ3v) is 10.1. The molecule has 5 amide bonds. The molecule has 0 bridgehead atoms. The maximum atomic E-state index is 14.5. The molecule has 3 aromatic carbocycles. The summed E-state index contributed by atoms with van der Waals surface area (Å²) >= 11 is 0. The van der Waals surface area contributed by atoms with Crippen molar-refractivity contribution < 1.29 is 29.0 Å². The first-order valence-corrected chi connectivity index (χ1v) is 18.5. The van der Waals surface area contributed by atoms with Gasteiger partial charge in [0.05, 0.1) is 36.1 Å². The summed E-state index contributed by atoms with van der Waals surface area (Å²) in [7, 11) is 1.75. The maximum Gasteiger partial charge on any atom is 0.321 e. The molecule has 0 unspecified atom stereocenters. The zero-order valence-corrected chi connectivity index (χ0v) is 30.5. The summed E-state index contributed by atoms with van der Waals surface area (Å²) < 4.78 is 12.8. The van der Waals surface area contributed by atoms with Crippen LogP contribution in [0.4, 0.5) is 21.0 Å². The molecule has 11 nitrogen and oxygen atoms in total. The van der Waals surface area contributed by atoms with Crippen molar-refractivity contribution in [3.63, 3.8) is 0 Å². The van der Waals surface area contributed by atoms with Crippen LogP contribution < -0.4 is 20.7 Å². The molecule has 1 saturated carbocycles. The van der Waals surface area contributed by atoms with Crippen molar-refractivity contribution in [1.29, 1.82) is 0 Å². The second-order valence-electron chi connectivity index (χ2n) is 14.3. The summed E-state index contributed by atoms with van der Waals surface area (Å²) in [4.78, 5) is 44.1. The van der Waals surface area contributed by atoms with E-state index in [-0.39, 0.29) is 55.3 Å². The van der Waals surface area contributed by atoms with Gasteiger partial charge in [-0.05, 0) is 75.6 Å². The molecule has 276 valence electrons. The molecule has 51 heavy (non-hydrogen) atoms. The average Bonchev–Trinajstić information content (AvgIpc) is 3.13. The summed E-state index contributed by atoms with van der Waals surface area (Å²) in [6.07, 6.45) is 7.19. The third-order valence-electron chi connectivity index (χ3n) is 10.1. The van der Waals surface area contributed by atoms with E-state index in [0.29, 0.717) is 30.2 Å². The fourth-order valence-corrected chi connectivity index (χ4v) is 6.96. The molecule has 1 heterocycles. The van der Waals surface area contributed by atoms with Gasteiger partial charge in [0.1, 0.15) is 5.75 Å². The van der Waals surface area contributed by atoms with Crippen LogP contribution in [-0.4, -0.2) is 90.5 Å². The first kappa shape index (κ1) is 37.9. The van der Waals surface area contributed by atoms with Crippen LogP contribution >= 0.6 is 0 Å². The van der Waals surface area contributed by atoms with Gasteiger partial charge in [-0.25, -0.2) is 9.59 Å². The van der Waals surface area contributed by atoms with Gasteiger partial charge in [-0.1, -0.05) is 62.6 Å². The summed E-state index contributed by atoms with van der Waals surface area (Å²) in [6.45, 7) is 6.60. The Kier molecular flexibility index (Phi) is 13.5.